The van der Waals surface area contributed by atoms with Crippen molar-refractivity contribution in [2.24, 2.45) is 0 Å². The number of carbonyl (C=O) groups is 1. The molecule has 1 fully saturated rings. The standard InChI is InChI=1S/C28H23F5N4O.ClH/c1-17-16-36(12-13-37(17)25(38)14-19-6-9-20(15-24(19)30)28(31,32)33)27-23-5-3-2-4-22(23)26(34-35-27)18-7-10-21(29)11-8-18;/h2-11,15,17H,12-14,16H2,1H3;1H/t17-;/m0./s1. The van der Waals surface area contributed by atoms with E-state index in [0.717, 1.165) is 28.5 Å². The summed E-state index contributed by atoms with van der Waals surface area (Å²) in [5.74, 6) is -1.11. The Morgan fingerprint density at radius 3 is 2.28 bits per heavy atom. The van der Waals surface area contributed by atoms with Crippen LogP contribution in [0.1, 0.15) is 18.1 Å². The van der Waals surface area contributed by atoms with Crippen molar-refractivity contribution in [3.8, 4) is 11.3 Å². The van der Waals surface area contributed by atoms with Crippen LogP contribution in [0.4, 0.5) is 27.8 Å². The van der Waals surface area contributed by atoms with E-state index in [2.05, 4.69) is 10.2 Å². The monoisotopic (exact) mass is 562 g/mol. The van der Waals surface area contributed by atoms with Crippen LogP contribution in [0.2, 0.25) is 0 Å². The van der Waals surface area contributed by atoms with Crippen LogP contribution >= 0.6 is 12.4 Å². The highest BCUT2D eigenvalue weighted by atomic mass is 35.5. The van der Waals surface area contributed by atoms with E-state index >= 15 is 0 Å². The summed E-state index contributed by atoms with van der Waals surface area (Å²) in [4.78, 5) is 16.6. The van der Waals surface area contributed by atoms with Crippen LogP contribution < -0.4 is 4.90 Å². The molecule has 0 spiro atoms. The van der Waals surface area contributed by atoms with Gasteiger partial charge in [-0.3, -0.25) is 4.79 Å². The second-order valence-electron chi connectivity index (χ2n) is 9.29. The zero-order valence-corrected chi connectivity index (χ0v) is 21.6. The Morgan fingerprint density at radius 2 is 1.64 bits per heavy atom. The van der Waals surface area contributed by atoms with Gasteiger partial charge in [0.05, 0.1) is 12.0 Å². The van der Waals surface area contributed by atoms with Crippen LogP contribution in [0, 0.1) is 11.6 Å². The number of aromatic nitrogens is 2. The molecule has 1 aromatic heterocycles. The van der Waals surface area contributed by atoms with E-state index in [4.69, 9.17) is 0 Å². The second kappa shape index (κ2) is 11.1. The predicted octanol–water partition coefficient (Wildman–Crippen LogP) is 6.30. The largest absolute Gasteiger partial charge is 0.416 e. The zero-order valence-electron chi connectivity index (χ0n) is 20.8. The summed E-state index contributed by atoms with van der Waals surface area (Å²) in [6.45, 7) is 3.07. The fourth-order valence-corrected chi connectivity index (χ4v) is 4.80. The van der Waals surface area contributed by atoms with Gasteiger partial charge >= 0.3 is 6.18 Å². The van der Waals surface area contributed by atoms with Gasteiger partial charge in [-0.15, -0.1) is 22.6 Å². The van der Waals surface area contributed by atoms with Crippen molar-refractivity contribution in [3.05, 3.63) is 89.5 Å². The lowest BCUT2D eigenvalue weighted by Crippen LogP contribution is -2.54. The zero-order chi connectivity index (χ0) is 27.0. The van der Waals surface area contributed by atoms with Gasteiger partial charge in [0.15, 0.2) is 5.82 Å². The lowest BCUT2D eigenvalue weighted by Gasteiger charge is -2.40. The molecule has 5 rings (SSSR count). The molecule has 11 heteroatoms. The number of benzene rings is 3. The summed E-state index contributed by atoms with van der Waals surface area (Å²) in [6, 6.07) is 15.6. The number of anilines is 1. The summed E-state index contributed by atoms with van der Waals surface area (Å²) < 4.78 is 66.2. The molecule has 204 valence electrons. The van der Waals surface area contributed by atoms with Gasteiger partial charge in [-0.1, -0.05) is 30.3 Å². The number of halogens is 6. The second-order valence-corrected chi connectivity index (χ2v) is 9.29. The summed E-state index contributed by atoms with van der Waals surface area (Å²) in [7, 11) is 0. The molecule has 0 radical (unpaired) electrons. The minimum absolute atomic E-state index is 0. The number of hydrogen-bond acceptors (Lipinski definition) is 4. The number of piperazine rings is 1. The first-order valence-corrected chi connectivity index (χ1v) is 12.0. The Morgan fingerprint density at radius 1 is 0.949 bits per heavy atom. The Labute approximate surface area is 227 Å². The van der Waals surface area contributed by atoms with Crippen molar-refractivity contribution in [1.82, 2.24) is 15.1 Å². The number of rotatable bonds is 4. The topological polar surface area (TPSA) is 49.3 Å². The number of nitrogens with zero attached hydrogens (tertiary/aromatic N) is 4. The van der Waals surface area contributed by atoms with Crippen molar-refractivity contribution in [2.45, 2.75) is 25.6 Å². The van der Waals surface area contributed by atoms with Crippen molar-refractivity contribution in [1.29, 1.82) is 0 Å². The number of fused-ring (bicyclic) bond motifs is 1. The molecule has 2 heterocycles. The Hall–Kier alpha value is -3.79. The van der Waals surface area contributed by atoms with E-state index in [-0.39, 0.29) is 42.2 Å². The summed E-state index contributed by atoms with van der Waals surface area (Å²) in [5, 5.41) is 10.6. The first-order chi connectivity index (χ1) is 18.1. The molecule has 0 bridgehead atoms. The van der Waals surface area contributed by atoms with Gasteiger partial charge in [-0.2, -0.15) is 13.2 Å². The third-order valence-corrected chi connectivity index (χ3v) is 6.75. The minimum Gasteiger partial charge on any atom is -0.351 e. The molecule has 4 aromatic rings. The number of alkyl halides is 3. The van der Waals surface area contributed by atoms with Gasteiger partial charge in [0.2, 0.25) is 5.91 Å². The Kier molecular flexibility index (Phi) is 8.06. The SMILES string of the molecule is C[C@H]1CN(c2nnc(-c3ccc(F)cc3)c3ccccc23)CCN1C(=O)Cc1ccc(C(F)(F)F)cc1F.Cl. The molecule has 0 aliphatic carbocycles. The summed E-state index contributed by atoms with van der Waals surface area (Å²) in [5.41, 5.74) is 0.198. The summed E-state index contributed by atoms with van der Waals surface area (Å²) in [6.07, 6.45) is -4.98. The van der Waals surface area contributed by atoms with E-state index in [0.29, 0.717) is 37.2 Å². The molecule has 3 aromatic carbocycles. The maximum absolute atomic E-state index is 14.3. The molecule has 0 saturated carbocycles. The third kappa shape index (κ3) is 5.80. The van der Waals surface area contributed by atoms with Crippen molar-refractivity contribution in [3.63, 3.8) is 0 Å². The number of carbonyl (C=O) groups excluding carboxylic acids is 1. The highest BCUT2D eigenvalue weighted by molar-refractivity contribution is 6.00. The molecule has 1 aliphatic rings. The average Bonchev–Trinajstić information content (AvgIpc) is 2.89. The molecule has 1 amide bonds. The highest BCUT2D eigenvalue weighted by Crippen LogP contribution is 2.33. The molecule has 1 saturated heterocycles. The quantitative estimate of drug-likeness (QED) is 0.274. The molecule has 0 N–H and O–H groups in total. The van der Waals surface area contributed by atoms with Gasteiger partial charge in [0.1, 0.15) is 17.3 Å². The van der Waals surface area contributed by atoms with E-state index < -0.39 is 17.6 Å². The van der Waals surface area contributed by atoms with Crippen molar-refractivity contribution >= 4 is 34.9 Å². The molecule has 39 heavy (non-hydrogen) atoms. The van der Waals surface area contributed by atoms with Gasteiger partial charge in [-0.25, -0.2) is 8.78 Å². The number of hydrogen-bond donors (Lipinski definition) is 0. The van der Waals surface area contributed by atoms with Gasteiger partial charge in [0.25, 0.3) is 0 Å². The van der Waals surface area contributed by atoms with Crippen LogP contribution in [0.15, 0.2) is 66.7 Å². The van der Waals surface area contributed by atoms with Crippen LogP contribution in [0.25, 0.3) is 22.0 Å². The molecule has 1 aliphatic heterocycles. The molecular weight excluding hydrogens is 539 g/mol. The highest BCUT2D eigenvalue weighted by Gasteiger charge is 2.32. The van der Waals surface area contributed by atoms with Crippen LogP contribution in [0.3, 0.4) is 0 Å². The van der Waals surface area contributed by atoms with Gasteiger partial charge in [-0.05, 0) is 48.9 Å². The Bertz CT molecular complexity index is 1500. The van der Waals surface area contributed by atoms with E-state index in [1.807, 2.05) is 36.1 Å². The fraction of sp³-hybridized carbons (Fsp3) is 0.250. The lowest BCUT2D eigenvalue weighted by molar-refractivity contribution is -0.137. The van der Waals surface area contributed by atoms with Crippen molar-refractivity contribution < 1.29 is 26.7 Å². The first kappa shape index (κ1) is 28.2. The predicted molar refractivity (Wildman–Crippen MR) is 141 cm³/mol. The molecule has 0 unspecified atom stereocenters. The minimum atomic E-state index is -4.65. The average molecular weight is 563 g/mol. The number of amides is 1. The smallest absolute Gasteiger partial charge is 0.351 e. The lowest BCUT2D eigenvalue weighted by atomic mass is 10.0. The molecular formula is C28H24ClF5N4O. The van der Waals surface area contributed by atoms with E-state index in [1.165, 1.54) is 12.1 Å². The van der Waals surface area contributed by atoms with E-state index in [1.54, 1.807) is 17.0 Å². The maximum Gasteiger partial charge on any atom is 0.416 e. The summed E-state index contributed by atoms with van der Waals surface area (Å²) >= 11 is 0. The Balaban J connectivity index is 0.00000353. The van der Waals surface area contributed by atoms with Gasteiger partial charge < -0.3 is 9.80 Å². The van der Waals surface area contributed by atoms with Crippen molar-refractivity contribution in [2.75, 3.05) is 24.5 Å². The maximum atomic E-state index is 14.3. The van der Waals surface area contributed by atoms with Crippen LogP contribution in [-0.2, 0) is 17.4 Å². The van der Waals surface area contributed by atoms with E-state index in [9.17, 15) is 26.7 Å². The van der Waals surface area contributed by atoms with Crippen LogP contribution in [0.5, 0.6) is 0 Å². The van der Waals surface area contributed by atoms with Gasteiger partial charge in [0, 0.05) is 42.0 Å². The third-order valence-electron chi connectivity index (χ3n) is 6.75. The first-order valence-electron chi connectivity index (χ1n) is 12.0. The fourth-order valence-electron chi connectivity index (χ4n) is 4.80. The van der Waals surface area contributed by atoms with Crippen LogP contribution in [-0.4, -0.2) is 46.7 Å². The normalized spacial score (nSPS) is 15.8. The molecule has 1 atom stereocenters. The molecule has 5 nitrogen and oxygen atoms in total.